The maximum Gasteiger partial charge on any atom is 0.353 e. The quantitative estimate of drug-likeness (QED) is 0.544. The molecule has 0 aliphatic carbocycles. The normalized spacial score (nSPS) is 32.2. The first-order valence-electron chi connectivity index (χ1n) is 3.48. The molecular weight excluding hydrogens is 148 g/mol. The Morgan fingerprint density at radius 2 is 2.00 bits per heavy atom. The van der Waals surface area contributed by atoms with E-state index in [2.05, 4.69) is 13.8 Å². The van der Waals surface area contributed by atoms with Crippen molar-refractivity contribution in [3.8, 4) is 0 Å². The average molecular weight is 160 g/mol. The van der Waals surface area contributed by atoms with Crippen molar-refractivity contribution < 1.29 is 9.47 Å². The monoisotopic (exact) mass is 160 g/mol. The predicted octanol–water partition coefficient (Wildman–Crippen LogP) is 1.73. The highest BCUT2D eigenvalue weighted by atomic mass is 32.1. The molecule has 3 heteroatoms. The lowest BCUT2D eigenvalue weighted by Gasteiger charge is -2.14. The molecule has 1 fully saturated rings. The summed E-state index contributed by atoms with van der Waals surface area (Å²) in [6, 6.07) is 0. The topological polar surface area (TPSA) is 18.5 Å². The lowest BCUT2D eigenvalue weighted by molar-refractivity contribution is 0.126. The van der Waals surface area contributed by atoms with Gasteiger partial charge in [0.1, 0.15) is 12.2 Å². The van der Waals surface area contributed by atoms with E-state index in [0.717, 1.165) is 0 Å². The van der Waals surface area contributed by atoms with Gasteiger partial charge in [0, 0.05) is 12.2 Å². The van der Waals surface area contributed by atoms with Crippen molar-refractivity contribution in [3.05, 3.63) is 0 Å². The smallest absolute Gasteiger partial charge is 0.353 e. The van der Waals surface area contributed by atoms with E-state index >= 15 is 0 Å². The minimum Gasteiger partial charge on any atom is -0.450 e. The second-order valence-electron chi connectivity index (χ2n) is 2.90. The van der Waals surface area contributed by atoms with Crippen molar-refractivity contribution in [2.24, 2.45) is 5.92 Å². The van der Waals surface area contributed by atoms with Crippen LogP contribution in [0.3, 0.4) is 0 Å². The summed E-state index contributed by atoms with van der Waals surface area (Å²) in [4.78, 5) is 0. The standard InChI is InChI=1S/C7H12O2S/c1-4(2)6-5(3)8-7(10)9-6/h4-6H,1-3H3/t5-,6+/m0/s1. The summed E-state index contributed by atoms with van der Waals surface area (Å²) in [5, 5.41) is 0.297. The van der Waals surface area contributed by atoms with Gasteiger partial charge in [-0.05, 0) is 12.8 Å². The Labute approximate surface area is 66.5 Å². The highest BCUT2D eigenvalue weighted by molar-refractivity contribution is 7.79. The Hall–Kier alpha value is -0.310. The van der Waals surface area contributed by atoms with Gasteiger partial charge in [-0.3, -0.25) is 0 Å². The fourth-order valence-electron chi connectivity index (χ4n) is 1.13. The summed E-state index contributed by atoms with van der Waals surface area (Å²) < 4.78 is 10.4. The van der Waals surface area contributed by atoms with E-state index in [-0.39, 0.29) is 12.2 Å². The van der Waals surface area contributed by atoms with Crippen LogP contribution < -0.4 is 0 Å². The van der Waals surface area contributed by atoms with E-state index in [4.69, 9.17) is 21.7 Å². The third-order valence-corrected chi connectivity index (χ3v) is 1.83. The lowest BCUT2D eigenvalue weighted by atomic mass is 10.0. The maximum atomic E-state index is 5.24. The molecule has 0 unspecified atom stereocenters. The minimum atomic E-state index is 0.118. The zero-order valence-electron chi connectivity index (χ0n) is 6.46. The molecule has 0 aromatic heterocycles. The maximum absolute atomic E-state index is 5.24. The van der Waals surface area contributed by atoms with Gasteiger partial charge in [-0.2, -0.15) is 0 Å². The molecule has 1 aliphatic heterocycles. The lowest BCUT2D eigenvalue weighted by Crippen LogP contribution is -2.24. The summed E-state index contributed by atoms with van der Waals surface area (Å²) in [6.07, 6.45) is 0.264. The van der Waals surface area contributed by atoms with E-state index < -0.39 is 0 Å². The van der Waals surface area contributed by atoms with Gasteiger partial charge in [-0.1, -0.05) is 13.8 Å². The zero-order valence-corrected chi connectivity index (χ0v) is 7.27. The van der Waals surface area contributed by atoms with Gasteiger partial charge in [0.05, 0.1) is 0 Å². The Kier molecular flexibility index (Phi) is 2.14. The largest absolute Gasteiger partial charge is 0.450 e. The van der Waals surface area contributed by atoms with E-state index in [1.165, 1.54) is 0 Å². The molecule has 0 spiro atoms. The van der Waals surface area contributed by atoms with Crippen molar-refractivity contribution in [2.75, 3.05) is 0 Å². The minimum absolute atomic E-state index is 0.118. The fraction of sp³-hybridized carbons (Fsp3) is 0.857. The molecule has 0 radical (unpaired) electrons. The number of hydrogen-bond donors (Lipinski definition) is 0. The molecule has 2 atom stereocenters. The van der Waals surface area contributed by atoms with Gasteiger partial charge in [0.2, 0.25) is 0 Å². The van der Waals surface area contributed by atoms with Gasteiger partial charge in [-0.25, -0.2) is 0 Å². The van der Waals surface area contributed by atoms with E-state index in [0.29, 0.717) is 11.2 Å². The van der Waals surface area contributed by atoms with Crippen molar-refractivity contribution in [1.29, 1.82) is 0 Å². The number of rotatable bonds is 1. The van der Waals surface area contributed by atoms with Crippen molar-refractivity contribution in [2.45, 2.75) is 33.0 Å². The molecule has 58 valence electrons. The van der Waals surface area contributed by atoms with Crippen LogP contribution >= 0.6 is 12.2 Å². The van der Waals surface area contributed by atoms with Crippen LogP contribution in [0.5, 0.6) is 0 Å². The van der Waals surface area contributed by atoms with Gasteiger partial charge >= 0.3 is 5.24 Å². The molecule has 0 bridgehead atoms. The van der Waals surface area contributed by atoms with E-state index in [1.807, 2.05) is 6.92 Å². The Bertz CT molecular complexity index is 145. The molecule has 0 amide bonds. The summed E-state index contributed by atoms with van der Waals surface area (Å²) in [5.41, 5.74) is 0. The van der Waals surface area contributed by atoms with E-state index in [1.54, 1.807) is 0 Å². The van der Waals surface area contributed by atoms with Gasteiger partial charge in [-0.15, -0.1) is 0 Å². The van der Waals surface area contributed by atoms with Crippen LogP contribution in [0.4, 0.5) is 0 Å². The number of hydrogen-bond acceptors (Lipinski definition) is 3. The van der Waals surface area contributed by atoms with Crippen LogP contribution in [-0.4, -0.2) is 17.4 Å². The number of thiocarbonyl (C=S) groups is 1. The first-order valence-corrected chi connectivity index (χ1v) is 3.89. The first kappa shape index (κ1) is 7.79. The second-order valence-corrected chi connectivity index (χ2v) is 3.23. The zero-order chi connectivity index (χ0) is 7.72. The highest BCUT2D eigenvalue weighted by Crippen LogP contribution is 2.21. The second kappa shape index (κ2) is 2.74. The molecule has 0 aromatic rings. The van der Waals surface area contributed by atoms with Crippen molar-refractivity contribution >= 4 is 17.5 Å². The van der Waals surface area contributed by atoms with Gasteiger partial charge in [0.25, 0.3) is 0 Å². The van der Waals surface area contributed by atoms with Crippen molar-refractivity contribution in [3.63, 3.8) is 0 Å². The molecule has 0 aromatic carbocycles. The summed E-state index contributed by atoms with van der Waals surface area (Å²) in [6.45, 7) is 6.17. The Morgan fingerprint density at radius 3 is 2.20 bits per heavy atom. The fourth-order valence-corrected chi connectivity index (χ4v) is 1.39. The molecule has 10 heavy (non-hydrogen) atoms. The molecule has 1 saturated heterocycles. The van der Waals surface area contributed by atoms with Crippen LogP contribution in [0, 0.1) is 5.92 Å². The van der Waals surface area contributed by atoms with Crippen molar-refractivity contribution in [1.82, 2.24) is 0 Å². The van der Waals surface area contributed by atoms with Crippen LogP contribution in [-0.2, 0) is 9.47 Å². The third-order valence-electron chi connectivity index (χ3n) is 1.63. The van der Waals surface area contributed by atoms with E-state index in [9.17, 15) is 0 Å². The highest BCUT2D eigenvalue weighted by Gasteiger charge is 2.32. The molecule has 1 rings (SSSR count). The SMILES string of the molecule is CC(C)[C@H]1OC(=S)O[C@H]1C. The Morgan fingerprint density at radius 1 is 1.40 bits per heavy atom. The summed E-state index contributed by atoms with van der Waals surface area (Å²) >= 11 is 4.75. The van der Waals surface area contributed by atoms with Crippen LogP contribution in [0.15, 0.2) is 0 Å². The van der Waals surface area contributed by atoms with Crippen LogP contribution in [0.25, 0.3) is 0 Å². The third kappa shape index (κ3) is 1.40. The van der Waals surface area contributed by atoms with Gasteiger partial charge < -0.3 is 9.47 Å². The predicted molar refractivity (Wildman–Crippen MR) is 42.9 cm³/mol. The number of ether oxygens (including phenoxy) is 2. The summed E-state index contributed by atoms with van der Waals surface area (Å²) in [7, 11) is 0. The average Bonchev–Trinajstić information content (AvgIpc) is 2.10. The van der Waals surface area contributed by atoms with Crippen LogP contribution in [0.1, 0.15) is 20.8 Å². The van der Waals surface area contributed by atoms with Crippen LogP contribution in [0.2, 0.25) is 0 Å². The first-order chi connectivity index (χ1) is 4.61. The summed E-state index contributed by atoms with van der Waals surface area (Å²) in [5.74, 6) is 0.468. The molecule has 1 heterocycles. The molecule has 1 aliphatic rings. The molecule has 0 saturated carbocycles. The van der Waals surface area contributed by atoms with Gasteiger partial charge in [0.15, 0.2) is 0 Å². The Balaban J connectivity index is 2.54. The molecule has 2 nitrogen and oxygen atoms in total. The molecular formula is C7H12O2S. The molecule has 0 N–H and O–H groups in total.